The van der Waals surface area contributed by atoms with Crippen LogP contribution in [0.15, 0.2) is 17.0 Å². The number of benzene rings is 1. The van der Waals surface area contributed by atoms with Crippen LogP contribution in [-0.4, -0.2) is 8.42 Å². The quantitative estimate of drug-likeness (QED) is 0.762. The molecule has 0 saturated carbocycles. The van der Waals surface area contributed by atoms with Gasteiger partial charge in [0.05, 0.1) is 4.90 Å². The van der Waals surface area contributed by atoms with Crippen molar-refractivity contribution < 1.29 is 8.42 Å². The van der Waals surface area contributed by atoms with Crippen molar-refractivity contribution in [1.82, 2.24) is 0 Å². The Balaban J connectivity index is 3.46. The Morgan fingerprint density at radius 3 is 2.11 bits per heavy atom. The van der Waals surface area contributed by atoms with Crippen molar-refractivity contribution in [2.24, 2.45) is 5.92 Å². The average molecular weight is 309 g/mol. The van der Waals surface area contributed by atoms with Crippen LogP contribution in [0.1, 0.15) is 44.7 Å². The van der Waals surface area contributed by atoms with E-state index < -0.39 is 9.05 Å². The van der Waals surface area contributed by atoms with Gasteiger partial charge in [-0.3, -0.25) is 0 Å². The monoisotopic (exact) mass is 308 g/mol. The molecule has 1 rings (SSSR count). The van der Waals surface area contributed by atoms with Gasteiger partial charge in [-0.1, -0.05) is 39.3 Å². The highest BCUT2D eigenvalue weighted by atomic mass is 35.7. The van der Waals surface area contributed by atoms with Crippen molar-refractivity contribution in [3.8, 4) is 0 Å². The standard InChI is InChI=1S/C13H18Cl2O2S/c1-8(2)5-10-6-13(18(15,16)17)11(9(3)4)7-12(10)14/h6-9H,5H2,1-4H3. The predicted octanol–water partition coefficient (Wildman–Crippen LogP) is 4.59. The summed E-state index contributed by atoms with van der Waals surface area (Å²) in [5.74, 6) is 0.456. The summed E-state index contributed by atoms with van der Waals surface area (Å²) in [4.78, 5) is 0.180. The Kier molecular flexibility index (Phi) is 5.10. The molecule has 5 heteroatoms. The van der Waals surface area contributed by atoms with Crippen LogP contribution in [0.2, 0.25) is 5.02 Å². The van der Waals surface area contributed by atoms with E-state index in [1.165, 1.54) is 0 Å². The Hall–Kier alpha value is -0.250. The zero-order valence-corrected chi connectivity index (χ0v) is 13.3. The van der Waals surface area contributed by atoms with Crippen molar-refractivity contribution in [3.05, 3.63) is 28.3 Å². The molecular formula is C13H18Cl2O2S. The SMILES string of the molecule is CC(C)Cc1cc(S(=O)(=O)Cl)c(C(C)C)cc1Cl. The largest absolute Gasteiger partial charge is 0.261 e. The predicted molar refractivity (Wildman–Crippen MR) is 77.1 cm³/mol. The maximum absolute atomic E-state index is 11.6. The third-order valence-electron chi connectivity index (χ3n) is 2.69. The zero-order chi connectivity index (χ0) is 14.1. The lowest BCUT2D eigenvalue weighted by Crippen LogP contribution is -2.04. The van der Waals surface area contributed by atoms with Gasteiger partial charge in [-0.05, 0) is 41.5 Å². The topological polar surface area (TPSA) is 34.1 Å². The van der Waals surface area contributed by atoms with Crippen LogP contribution in [0.5, 0.6) is 0 Å². The van der Waals surface area contributed by atoms with Crippen LogP contribution in [0.3, 0.4) is 0 Å². The first kappa shape index (κ1) is 15.8. The molecule has 1 aromatic rings. The molecule has 0 radical (unpaired) electrons. The highest BCUT2D eigenvalue weighted by Crippen LogP contribution is 2.32. The summed E-state index contributed by atoms with van der Waals surface area (Å²) in [6, 6.07) is 3.33. The van der Waals surface area contributed by atoms with E-state index >= 15 is 0 Å². The summed E-state index contributed by atoms with van der Waals surface area (Å²) in [5, 5.41) is 0.608. The van der Waals surface area contributed by atoms with Crippen molar-refractivity contribution in [1.29, 1.82) is 0 Å². The molecule has 102 valence electrons. The molecule has 0 fully saturated rings. The highest BCUT2D eigenvalue weighted by Gasteiger charge is 2.20. The fourth-order valence-electron chi connectivity index (χ4n) is 1.87. The maximum atomic E-state index is 11.6. The van der Waals surface area contributed by atoms with Gasteiger partial charge in [-0.15, -0.1) is 0 Å². The molecular weight excluding hydrogens is 291 g/mol. The molecule has 0 spiro atoms. The van der Waals surface area contributed by atoms with Crippen LogP contribution in [0.4, 0.5) is 0 Å². The second-order valence-electron chi connectivity index (χ2n) is 5.17. The molecule has 0 N–H and O–H groups in total. The molecule has 0 aliphatic carbocycles. The summed E-state index contributed by atoms with van der Waals surface area (Å²) in [5.41, 5.74) is 1.50. The summed E-state index contributed by atoms with van der Waals surface area (Å²) in [6.45, 7) is 7.95. The Morgan fingerprint density at radius 1 is 1.17 bits per heavy atom. The van der Waals surface area contributed by atoms with E-state index in [0.717, 1.165) is 12.0 Å². The molecule has 0 aromatic heterocycles. The molecule has 0 saturated heterocycles. The lowest BCUT2D eigenvalue weighted by atomic mass is 9.97. The van der Waals surface area contributed by atoms with Crippen molar-refractivity contribution >= 4 is 31.3 Å². The Bertz CT molecular complexity index is 534. The highest BCUT2D eigenvalue weighted by molar-refractivity contribution is 8.13. The van der Waals surface area contributed by atoms with Crippen molar-refractivity contribution in [2.45, 2.75) is 44.9 Å². The van der Waals surface area contributed by atoms with Gasteiger partial charge < -0.3 is 0 Å². The minimum absolute atomic E-state index is 0.0547. The van der Waals surface area contributed by atoms with Gasteiger partial charge in [0.1, 0.15) is 0 Å². The lowest BCUT2D eigenvalue weighted by molar-refractivity contribution is 0.606. The Labute approximate surface area is 119 Å². The maximum Gasteiger partial charge on any atom is 0.261 e. The molecule has 0 heterocycles. The minimum Gasteiger partial charge on any atom is -0.207 e. The van der Waals surface area contributed by atoms with Crippen molar-refractivity contribution in [3.63, 3.8) is 0 Å². The molecule has 0 bridgehead atoms. The number of hydrogen-bond donors (Lipinski definition) is 0. The van der Waals surface area contributed by atoms with Crippen LogP contribution in [0, 0.1) is 5.92 Å². The van der Waals surface area contributed by atoms with Crippen LogP contribution >= 0.6 is 22.3 Å². The van der Waals surface area contributed by atoms with Crippen molar-refractivity contribution in [2.75, 3.05) is 0 Å². The van der Waals surface area contributed by atoms with Gasteiger partial charge in [0.2, 0.25) is 0 Å². The third kappa shape index (κ3) is 3.87. The van der Waals surface area contributed by atoms with E-state index in [9.17, 15) is 8.42 Å². The molecule has 0 unspecified atom stereocenters. The molecule has 2 nitrogen and oxygen atoms in total. The lowest BCUT2D eigenvalue weighted by Gasteiger charge is -2.15. The van der Waals surface area contributed by atoms with E-state index in [0.29, 0.717) is 16.5 Å². The second kappa shape index (κ2) is 5.81. The van der Waals surface area contributed by atoms with Crippen LogP contribution in [-0.2, 0) is 15.5 Å². The summed E-state index contributed by atoms with van der Waals surface area (Å²) >= 11 is 6.20. The zero-order valence-electron chi connectivity index (χ0n) is 11.0. The van der Waals surface area contributed by atoms with Crippen LogP contribution < -0.4 is 0 Å². The van der Waals surface area contributed by atoms with Gasteiger partial charge in [-0.2, -0.15) is 0 Å². The molecule has 0 aliphatic rings. The number of hydrogen-bond acceptors (Lipinski definition) is 2. The number of rotatable bonds is 4. The normalized spacial score (nSPS) is 12.4. The average Bonchev–Trinajstić information content (AvgIpc) is 2.17. The minimum atomic E-state index is -3.74. The smallest absolute Gasteiger partial charge is 0.207 e. The van der Waals surface area contributed by atoms with E-state index in [2.05, 4.69) is 13.8 Å². The van der Waals surface area contributed by atoms with Gasteiger partial charge in [0.15, 0.2) is 0 Å². The van der Waals surface area contributed by atoms with Gasteiger partial charge in [-0.25, -0.2) is 8.42 Å². The fraction of sp³-hybridized carbons (Fsp3) is 0.538. The van der Waals surface area contributed by atoms with E-state index in [1.54, 1.807) is 12.1 Å². The molecule has 0 aliphatic heterocycles. The fourth-order valence-corrected chi connectivity index (χ4v) is 3.38. The van der Waals surface area contributed by atoms with E-state index in [4.69, 9.17) is 22.3 Å². The third-order valence-corrected chi connectivity index (χ3v) is 4.42. The first-order chi connectivity index (χ1) is 8.12. The number of halogens is 2. The van der Waals surface area contributed by atoms with E-state index in [1.807, 2.05) is 13.8 Å². The van der Waals surface area contributed by atoms with Gasteiger partial charge in [0.25, 0.3) is 9.05 Å². The molecule has 0 atom stereocenters. The molecule has 18 heavy (non-hydrogen) atoms. The summed E-state index contributed by atoms with van der Waals surface area (Å²) < 4.78 is 23.3. The first-order valence-corrected chi connectivity index (χ1v) is 8.58. The van der Waals surface area contributed by atoms with E-state index in [-0.39, 0.29) is 10.8 Å². The summed E-state index contributed by atoms with van der Waals surface area (Å²) in [7, 11) is 1.76. The Morgan fingerprint density at radius 2 is 1.72 bits per heavy atom. The second-order valence-corrected chi connectivity index (χ2v) is 8.11. The summed E-state index contributed by atoms with van der Waals surface area (Å²) in [6.07, 6.45) is 0.733. The van der Waals surface area contributed by atoms with Gasteiger partial charge in [0, 0.05) is 15.7 Å². The first-order valence-electron chi connectivity index (χ1n) is 5.90. The van der Waals surface area contributed by atoms with Gasteiger partial charge >= 0.3 is 0 Å². The molecule has 1 aromatic carbocycles. The molecule has 0 amide bonds. The van der Waals surface area contributed by atoms with Crippen LogP contribution in [0.25, 0.3) is 0 Å².